The Balaban J connectivity index is 2.14. The Morgan fingerprint density at radius 2 is 2.12 bits per heavy atom. The molecule has 17 heavy (non-hydrogen) atoms. The van der Waals surface area contributed by atoms with Gasteiger partial charge in [-0.1, -0.05) is 12.1 Å². The monoisotopic (exact) mass is 230 g/mol. The molecule has 1 heterocycles. The zero-order chi connectivity index (χ0) is 12.3. The fourth-order valence-electron chi connectivity index (χ4n) is 1.86. The van der Waals surface area contributed by atoms with Crippen molar-refractivity contribution in [3.05, 3.63) is 53.5 Å². The zero-order valence-corrected chi connectivity index (χ0v) is 10.3. The van der Waals surface area contributed by atoms with Gasteiger partial charge in [-0.3, -0.25) is 0 Å². The van der Waals surface area contributed by atoms with Gasteiger partial charge in [-0.2, -0.15) is 0 Å². The molecule has 0 aliphatic rings. The van der Waals surface area contributed by atoms with E-state index in [1.807, 2.05) is 6.07 Å². The lowest BCUT2D eigenvalue weighted by molar-refractivity contribution is 0.503. The molecule has 0 amide bonds. The second-order valence-corrected chi connectivity index (χ2v) is 4.27. The molecule has 0 saturated carbocycles. The summed E-state index contributed by atoms with van der Waals surface area (Å²) >= 11 is 0. The van der Waals surface area contributed by atoms with Gasteiger partial charge in [0.05, 0.1) is 12.8 Å². The van der Waals surface area contributed by atoms with Gasteiger partial charge < -0.3 is 15.1 Å². The molecule has 3 nitrogen and oxygen atoms in total. The number of rotatable bonds is 4. The molecule has 0 atom stereocenters. The molecule has 0 aliphatic heterocycles. The molecular formula is C14H18N2O. The maximum Gasteiger partial charge on any atom is 0.127 e. The molecule has 0 saturated heterocycles. The molecule has 2 N–H and O–H groups in total. The Bertz CT molecular complexity index is 490. The minimum absolute atomic E-state index is 0.521. The Kier molecular flexibility index (Phi) is 3.49. The number of benzene rings is 1. The smallest absolute Gasteiger partial charge is 0.127 e. The predicted molar refractivity (Wildman–Crippen MR) is 69.9 cm³/mol. The van der Waals surface area contributed by atoms with Crippen LogP contribution in [-0.4, -0.2) is 7.05 Å². The number of aryl methyl sites for hydroxylation is 1. The van der Waals surface area contributed by atoms with Crippen LogP contribution in [0.4, 0.5) is 5.69 Å². The molecule has 2 rings (SSSR count). The fraction of sp³-hybridized carbons (Fsp3) is 0.286. The fourth-order valence-corrected chi connectivity index (χ4v) is 1.86. The molecule has 0 radical (unpaired) electrons. The lowest BCUT2D eigenvalue weighted by Gasteiger charge is -2.19. The van der Waals surface area contributed by atoms with Crippen molar-refractivity contribution in [3.8, 4) is 0 Å². The maximum atomic E-state index is 5.66. The Labute approximate surface area is 102 Å². The van der Waals surface area contributed by atoms with Crippen LogP contribution in [0.2, 0.25) is 0 Å². The van der Waals surface area contributed by atoms with Gasteiger partial charge >= 0.3 is 0 Å². The van der Waals surface area contributed by atoms with Crippen LogP contribution in [0.5, 0.6) is 0 Å². The lowest BCUT2D eigenvalue weighted by Crippen LogP contribution is -2.17. The maximum absolute atomic E-state index is 5.66. The third-order valence-corrected chi connectivity index (χ3v) is 2.88. The highest BCUT2D eigenvalue weighted by molar-refractivity contribution is 5.48. The molecular weight excluding hydrogens is 212 g/mol. The van der Waals surface area contributed by atoms with Crippen LogP contribution in [0, 0.1) is 6.92 Å². The molecule has 90 valence electrons. The molecule has 3 heteroatoms. The van der Waals surface area contributed by atoms with Crippen LogP contribution in [0.15, 0.2) is 41.0 Å². The number of hydrogen-bond donors (Lipinski definition) is 1. The average molecular weight is 230 g/mol. The summed E-state index contributed by atoms with van der Waals surface area (Å²) in [4.78, 5) is 2.16. The molecule has 0 unspecified atom stereocenters. The summed E-state index contributed by atoms with van der Waals surface area (Å²) in [5, 5.41) is 0. The highest BCUT2D eigenvalue weighted by Gasteiger charge is 2.08. The van der Waals surface area contributed by atoms with E-state index < -0.39 is 0 Å². The summed E-state index contributed by atoms with van der Waals surface area (Å²) in [7, 11) is 2.05. The van der Waals surface area contributed by atoms with Crippen molar-refractivity contribution in [2.45, 2.75) is 20.0 Å². The van der Waals surface area contributed by atoms with Gasteiger partial charge in [-0.05, 0) is 30.7 Å². The first-order valence-corrected chi connectivity index (χ1v) is 5.74. The van der Waals surface area contributed by atoms with E-state index in [1.54, 1.807) is 6.26 Å². The van der Waals surface area contributed by atoms with E-state index in [2.05, 4.69) is 43.1 Å². The van der Waals surface area contributed by atoms with Gasteiger partial charge in [0.1, 0.15) is 5.76 Å². The van der Waals surface area contributed by atoms with Crippen molar-refractivity contribution in [2.75, 3.05) is 11.9 Å². The van der Waals surface area contributed by atoms with Crippen molar-refractivity contribution in [2.24, 2.45) is 5.73 Å². The van der Waals surface area contributed by atoms with E-state index in [9.17, 15) is 0 Å². The second kappa shape index (κ2) is 5.06. The standard InChI is InChI=1S/C14H18N2O/c1-11-4-3-5-13(8-11)16(2)10-14-12(9-15)6-7-17-14/h3-8H,9-10,15H2,1-2H3. The summed E-state index contributed by atoms with van der Waals surface area (Å²) in [6.45, 7) is 3.35. The second-order valence-electron chi connectivity index (χ2n) is 4.27. The average Bonchev–Trinajstić information content (AvgIpc) is 2.76. The van der Waals surface area contributed by atoms with Gasteiger partial charge in [0, 0.05) is 24.8 Å². The number of anilines is 1. The van der Waals surface area contributed by atoms with Crippen molar-refractivity contribution < 1.29 is 4.42 Å². The number of furan rings is 1. The topological polar surface area (TPSA) is 42.4 Å². The highest BCUT2D eigenvalue weighted by atomic mass is 16.3. The molecule has 1 aromatic heterocycles. The van der Waals surface area contributed by atoms with Crippen LogP contribution in [0.25, 0.3) is 0 Å². The molecule has 0 spiro atoms. The van der Waals surface area contributed by atoms with Gasteiger partial charge in [0.2, 0.25) is 0 Å². The van der Waals surface area contributed by atoms with Crippen LogP contribution in [0.1, 0.15) is 16.9 Å². The summed E-state index contributed by atoms with van der Waals surface area (Å²) in [6.07, 6.45) is 1.70. The Hall–Kier alpha value is -1.74. The summed E-state index contributed by atoms with van der Waals surface area (Å²) in [5.41, 5.74) is 9.17. The van der Waals surface area contributed by atoms with E-state index in [0.717, 1.165) is 17.9 Å². The van der Waals surface area contributed by atoms with Crippen molar-refractivity contribution >= 4 is 5.69 Å². The first-order chi connectivity index (χ1) is 8.20. The van der Waals surface area contributed by atoms with E-state index in [-0.39, 0.29) is 0 Å². The molecule has 2 aromatic rings. The van der Waals surface area contributed by atoms with Gasteiger partial charge in [0.25, 0.3) is 0 Å². The van der Waals surface area contributed by atoms with Crippen LogP contribution >= 0.6 is 0 Å². The van der Waals surface area contributed by atoms with Crippen LogP contribution in [-0.2, 0) is 13.1 Å². The van der Waals surface area contributed by atoms with Crippen molar-refractivity contribution in [3.63, 3.8) is 0 Å². The van der Waals surface area contributed by atoms with Crippen LogP contribution in [0.3, 0.4) is 0 Å². The van der Waals surface area contributed by atoms with E-state index in [4.69, 9.17) is 10.2 Å². The van der Waals surface area contributed by atoms with E-state index in [1.165, 1.54) is 11.3 Å². The Morgan fingerprint density at radius 3 is 2.82 bits per heavy atom. The third-order valence-electron chi connectivity index (χ3n) is 2.88. The normalized spacial score (nSPS) is 10.5. The minimum Gasteiger partial charge on any atom is -0.467 e. The third kappa shape index (κ3) is 2.68. The lowest BCUT2D eigenvalue weighted by atomic mass is 10.2. The number of nitrogens with zero attached hydrogens (tertiary/aromatic N) is 1. The SMILES string of the molecule is Cc1cccc(N(C)Cc2occc2CN)c1. The van der Waals surface area contributed by atoms with Crippen molar-refractivity contribution in [1.82, 2.24) is 0 Å². The van der Waals surface area contributed by atoms with Crippen molar-refractivity contribution in [1.29, 1.82) is 0 Å². The minimum atomic E-state index is 0.521. The summed E-state index contributed by atoms with van der Waals surface area (Å²) in [6, 6.07) is 10.3. The van der Waals surface area contributed by atoms with Gasteiger partial charge in [-0.25, -0.2) is 0 Å². The zero-order valence-electron chi connectivity index (χ0n) is 10.3. The van der Waals surface area contributed by atoms with Crippen LogP contribution < -0.4 is 10.6 Å². The number of nitrogens with two attached hydrogens (primary N) is 1. The molecule has 0 bridgehead atoms. The quantitative estimate of drug-likeness (QED) is 0.878. The summed E-state index contributed by atoms with van der Waals surface area (Å²) in [5.74, 6) is 0.941. The Morgan fingerprint density at radius 1 is 1.29 bits per heavy atom. The van der Waals surface area contributed by atoms with Gasteiger partial charge in [-0.15, -0.1) is 0 Å². The highest BCUT2D eigenvalue weighted by Crippen LogP contribution is 2.19. The molecule has 0 fully saturated rings. The van der Waals surface area contributed by atoms with Gasteiger partial charge in [0.15, 0.2) is 0 Å². The van der Waals surface area contributed by atoms with E-state index >= 15 is 0 Å². The first-order valence-electron chi connectivity index (χ1n) is 5.74. The predicted octanol–water partition coefficient (Wildman–Crippen LogP) is 2.68. The largest absolute Gasteiger partial charge is 0.467 e. The molecule has 0 aliphatic carbocycles. The van der Waals surface area contributed by atoms with E-state index in [0.29, 0.717) is 6.54 Å². The first kappa shape index (κ1) is 11.7. The molecule has 1 aromatic carbocycles. The summed E-state index contributed by atoms with van der Waals surface area (Å²) < 4.78 is 5.46. The number of hydrogen-bond acceptors (Lipinski definition) is 3.